The van der Waals surface area contributed by atoms with E-state index in [9.17, 15) is 14.4 Å². The van der Waals surface area contributed by atoms with E-state index in [-0.39, 0.29) is 5.57 Å². The highest BCUT2D eigenvalue weighted by molar-refractivity contribution is 6.39. The molecule has 5 rings (SSSR count). The molecule has 1 N–H and O–H groups in total. The van der Waals surface area contributed by atoms with E-state index in [0.717, 1.165) is 26.9 Å². The van der Waals surface area contributed by atoms with Crippen LogP contribution in [0.1, 0.15) is 11.1 Å². The van der Waals surface area contributed by atoms with Crippen LogP contribution in [0.3, 0.4) is 0 Å². The number of amides is 4. The molecular formula is C25H18N4O3. The predicted molar refractivity (Wildman–Crippen MR) is 121 cm³/mol. The molecule has 0 spiro atoms. The Kier molecular flexibility index (Phi) is 4.84. The molecule has 0 atom stereocenters. The quantitative estimate of drug-likeness (QED) is 0.401. The van der Waals surface area contributed by atoms with Crippen LogP contribution in [0, 0.1) is 0 Å². The molecule has 1 aliphatic rings. The van der Waals surface area contributed by atoms with Crippen molar-refractivity contribution >= 4 is 40.5 Å². The van der Waals surface area contributed by atoms with Gasteiger partial charge in [0.05, 0.1) is 5.69 Å². The van der Waals surface area contributed by atoms with E-state index in [1.165, 1.54) is 24.5 Å². The Balaban J connectivity index is 1.58. The highest BCUT2D eigenvalue weighted by Gasteiger charge is 2.36. The molecule has 0 radical (unpaired) electrons. The Hall–Kier alpha value is -4.52. The second kappa shape index (κ2) is 7.96. The molecule has 3 heterocycles. The smallest absolute Gasteiger partial charge is 0.335 e. The Labute approximate surface area is 183 Å². The van der Waals surface area contributed by atoms with Crippen LogP contribution in [0.25, 0.3) is 17.0 Å². The number of rotatable bonds is 4. The molecule has 156 valence electrons. The summed E-state index contributed by atoms with van der Waals surface area (Å²) in [5, 5.41) is 3.16. The lowest BCUT2D eigenvalue weighted by atomic mass is 10.1. The largest absolute Gasteiger partial charge is 0.342 e. The fourth-order valence-corrected chi connectivity index (χ4v) is 3.84. The number of nitrogens with one attached hydrogen (secondary N) is 1. The molecule has 1 saturated heterocycles. The molecule has 1 aliphatic heterocycles. The number of carbonyl (C=O) groups excluding carboxylic acids is 3. The SMILES string of the molecule is O=C1NC(=O)N(c2ccncc2)C(=O)/C1=C/c1cn(Cc2ccccc2)c2ccccc12. The van der Waals surface area contributed by atoms with Crippen molar-refractivity contribution in [3.8, 4) is 0 Å². The Morgan fingerprint density at radius 3 is 2.38 bits per heavy atom. The van der Waals surface area contributed by atoms with E-state index in [1.54, 1.807) is 6.08 Å². The minimum Gasteiger partial charge on any atom is -0.342 e. The van der Waals surface area contributed by atoms with Crippen LogP contribution in [0.4, 0.5) is 10.5 Å². The van der Waals surface area contributed by atoms with Crippen molar-refractivity contribution in [2.24, 2.45) is 0 Å². The first-order valence-corrected chi connectivity index (χ1v) is 10.0. The normalized spacial score (nSPS) is 15.4. The van der Waals surface area contributed by atoms with Gasteiger partial charge in [0.15, 0.2) is 0 Å². The number of urea groups is 1. The number of barbiturate groups is 1. The van der Waals surface area contributed by atoms with Gasteiger partial charge in [0.2, 0.25) is 0 Å². The second-order valence-electron chi connectivity index (χ2n) is 7.38. The summed E-state index contributed by atoms with van der Waals surface area (Å²) in [6.45, 7) is 0.645. The van der Waals surface area contributed by atoms with E-state index in [2.05, 4.69) is 14.9 Å². The van der Waals surface area contributed by atoms with Crippen LogP contribution in [-0.4, -0.2) is 27.4 Å². The Bertz CT molecular complexity index is 1370. The summed E-state index contributed by atoms with van der Waals surface area (Å²) in [7, 11) is 0. The van der Waals surface area contributed by atoms with Crippen LogP contribution < -0.4 is 10.2 Å². The van der Waals surface area contributed by atoms with Gasteiger partial charge in [-0.3, -0.25) is 19.9 Å². The fourth-order valence-electron chi connectivity index (χ4n) is 3.84. The molecule has 32 heavy (non-hydrogen) atoms. The van der Waals surface area contributed by atoms with Crippen molar-refractivity contribution in [2.45, 2.75) is 6.54 Å². The maximum absolute atomic E-state index is 13.1. The van der Waals surface area contributed by atoms with Crippen LogP contribution in [0.15, 0.2) is 90.9 Å². The van der Waals surface area contributed by atoms with Gasteiger partial charge < -0.3 is 4.57 Å². The standard InChI is InChI=1S/C25H18N4O3/c30-23-21(24(31)29(25(32)27-23)19-10-12-26-13-11-19)14-18-16-28(15-17-6-2-1-3-7-17)22-9-5-4-8-20(18)22/h1-14,16H,15H2,(H,27,30,32)/b21-14+. The van der Waals surface area contributed by atoms with Crippen LogP contribution >= 0.6 is 0 Å². The van der Waals surface area contributed by atoms with Gasteiger partial charge in [-0.05, 0) is 29.8 Å². The summed E-state index contributed by atoms with van der Waals surface area (Å²) in [5.41, 5.74) is 3.07. The van der Waals surface area contributed by atoms with Crippen molar-refractivity contribution in [2.75, 3.05) is 4.90 Å². The predicted octanol–water partition coefficient (Wildman–Crippen LogP) is 3.75. The number of aromatic nitrogens is 2. The number of hydrogen-bond donors (Lipinski definition) is 1. The van der Waals surface area contributed by atoms with Gasteiger partial charge in [-0.25, -0.2) is 9.69 Å². The summed E-state index contributed by atoms with van der Waals surface area (Å²) < 4.78 is 2.08. The summed E-state index contributed by atoms with van der Waals surface area (Å²) >= 11 is 0. The van der Waals surface area contributed by atoms with Crippen LogP contribution in [0.5, 0.6) is 0 Å². The molecule has 4 aromatic rings. The molecule has 7 heteroatoms. The molecule has 0 bridgehead atoms. The molecule has 2 aromatic carbocycles. The summed E-state index contributed by atoms with van der Waals surface area (Å²) in [6.07, 6.45) is 6.42. The first-order chi connectivity index (χ1) is 15.6. The van der Waals surface area contributed by atoms with Gasteiger partial charge >= 0.3 is 6.03 Å². The van der Waals surface area contributed by atoms with E-state index in [0.29, 0.717) is 12.2 Å². The van der Waals surface area contributed by atoms with E-state index in [4.69, 9.17) is 0 Å². The number of benzene rings is 2. The second-order valence-corrected chi connectivity index (χ2v) is 7.38. The van der Waals surface area contributed by atoms with Crippen molar-refractivity contribution < 1.29 is 14.4 Å². The van der Waals surface area contributed by atoms with Gasteiger partial charge in [0.1, 0.15) is 5.57 Å². The zero-order valence-electron chi connectivity index (χ0n) is 16.9. The maximum atomic E-state index is 13.1. The number of hydrogen-bond acceptors (Lipinski definition) is 4. The van der Waals surface area contributed by atoms with E-state index in [1.807, 2.05) is 60.8 Å². The fraction of sp³-hybridized carbons (Fsp3) is 0.0400. The lowest BCUT2D eigenvalue weighted by molar-refractivity contribution is -0.122. The lowest BCUT2D eigenvalue weighted by Gasteiger charge is -2.26. The van der Waals surface area contributed by atoms with E-state index < -0.39 is 17.8 Å². The van der Waals surface area contributed by atoms with Gasteiger partial charge in [0.25, 0.3) is 11.8 Å². The number of carbonyl (C=O) groups is 3. The Morgan fingerprint density at radius 1 is 0.875 bits per heavy atom. The van der Waals surface area contributed by atoms with Crippen molar-refractivity contribution in [3.63, 3.8) is 0 Å². The molecule has 4 amide bonds. The monoisotopic (exact) mass is 422 g/mol. The minimum atomic E-state index is -0.783. The lowest BCUT2D eigenvalue weighted by Crippen LogP contribution is -2.54. The van der Waals surface area contributed by atoms with Crippen LogP contribution in [0.2, 0.25) is 0 Å². The van der Waals surface area contributed by atoms with Crippen molar-refractivity contribution in [3.05, 3.63) is 102 Å². The third-order valence-corrected chi connectivity index (χ3v) is 5.34. The van der Waals surface area contributed by atoms with Crippen LogP contribution in [-0.2, 0) is 16.1 Å². The molecule has 0 aliphatic carbocycles. The summed E-state index contributed by atoms with van der Waals surface area (Å²) in [6, 6.07) is 20.1. The third-order valence-electron chi connectivity index (χ3n) is 5.34. The Morgan fingerprint density at radius 2 is 1.59 bits per heavy atom. The number of pyridine rings is 1. The molecular weight excluding hydrogens is 404 g/mol. The molecule has 0 unspecified atom stereocenters. The molecule has 2 aromatic heterocycles. The minimum absolute atomic E-state index is 0.107. The highest BCUT2D eigenvalue weighted by atomic mass is 16.2. The summed E-state index contributed by atoms with van der Waals surface area (Å²) in [4.78, 5) is 42.9. The topological polar surface area (TPSA) is 84.3 Å². The zero-order chi connectivity index (χ0) is 22.1. The highest BCUT2D eigenvalue weighted by Crippen LogP contribution is 2.27. The molecule has 0 saturated carbocycles. The molecule has 1 fully saturated rings. The zero-order valence-corrected chi connectivity index (χ0v) is 16.9. The van der Waals surface area contributed by atoms with E-state index >= 15 is 0 Å². The molecule has 7 nitrogen and oxygen atoms in total. The number of imide groups is 2. The number of para-hydroxylation sites is 1. The van der Waals surface area contributed by atoms with Gasteiger partial charge in [0, 0.05) is 41.6 Å². The first kappa shape index (κ1) is 19.4. The number of nitrogens with zero attached hydrogens (tertiary/aromatic N) is 3. The van der Waals surface area contributed by atoms with Crippen molar-refractivity contribution in [1.29, 1.82) is 0 Å². The average Bonchev–Trinajstić information content (AvgIpc) is 3.15. The summed E-state index contributed by atoms with van der Waals surface area (Å²) in [5.74, 6) is -1.39. The number of anilines is 1. The van der Waals surface area contributed by atoms with Crippen molar-refractivity contribution in [1.82, 2.24) is 14.9 Å². The average molecular weight is 422 g/mol. The number of fused-ring (bicyclic) bond motifs is 1. The first-order valence-electron chi connectivity index (χ1n) is 10.0. The van der Waals surface area contributed by atoms with Gasteiger partial charge in [-0.15, -0.1) is 0 Å². The maximum Gasteiger partial charge on any atom is 0.335 e. The van der Waals surface area contributed by atoms with Gasteiger partial charge in [-0.2, -0.15) is 0 Å². The van der Waals surface area contributed by atoms with Gasteiger partial charge in [-0.1, -0.05) is 48.5 Å². The third kappa shape index (κ3) is 3.45.